The number of aromatic nitrogens is 1. The van der Waals surface area contributed by atoms with Crippen molar-refractivity contribution in [3.05, 3.63) is 48.4 Å². The summed E-state index contributed by atoms with van der Waals surface area (Å²) in [6.07, 6.45) is 1.55. The molecule has 7 heteroatoms. The second kappa shape index (κ2) is 7.48. The SMILES string of the molecule is CC(C(=O)Nc1ccc(N)nc1)N1CCN(c2ccc(F)cc2)CC1. The lowest BCUT2D eigenvalue weighted by Gasteiger charge is -2.38. The average molecular weight is 343 g/mol. The van der Waals surface area contributed by atoms with Crippen molar-refractivity contribution >= 4 is 23.1 Å². The highest BCUT2D eigenvalue weighted by molar-refractivity contribution is 5.94. The van der Waals surface area contributed by atoms with Crippen LogP contribution in [0.2, 0.25) is 0 Å². The number of halogens is 1. The van der Waals surface area contributed by atoms with Crippen LogP contribution in [-0.2, 0) is 4.79 Å². The van der Waals surface area contributed by atoms with Crippen LogP contribution in [0.5, 0.6) is 0 Å². The van der Waals surface area contributed by atoms with E-state index in [0.29, 0.717) is 11.5 Å². The normalized spacial score (nSPS) is 16.5. The Morgan fingerprint density at radius 2 is 1.84 bits per heavy atom. The molecule has 1 aromatic carbocycles. The van der Waals surface area contributed by atoms with Crippen LogP contribution in [0.15, 0.2) is 42.6 Å². The number of carbonyl (C=O) groups is 1. The molecule has 6 nitrogen and oxygen atoms in total. The van der Waals surface area contributed by atoms with E-state index < -0.39 is 0 Å². The standard InChI is InChI=1S/C18H22FN5O/c1-13(18(25)22-15-4-7-17(20)21-12-15)23-8-10-24(11-9-23)16-5-2-14(19)3-6-16/h2-7,12-13H,8-11H2,1H3,(H2,20,21)(H,22,25). The highest BCUT2D eigenvalue weighted by Gasteiger charge is 2.25. The minimum Gasteiger partial charge on any atom is -0.384 e. The van der Waals surface area contributed by atoms with Crippen molar-refractivity contribution in [2.24, 2.45) is 0 Å². The van der Waals surface area contributed by atoms with Crippen molar-refractivity contribution in [2.45, 2.75) is 13.0 Å². The summed E-state index contributed by atoms with van der Waals surface area (Å²) in [5.74, 6) is 0.120. The van der Waals surface area contributed by atoms with Crippen LogP contribution >= 0.6 is 0 Å². The molecule has 1 atom stereocenters. The molecule has 1 aromatic heterocycles. The number of nitrogens with two attached hydrogens (primary N) is 1. The second-order valence-electron chi connectivity index (χ2n) is 6.14. The van der Waals surface area contributed by atoms with Crippen molar-refractivity contribution in [3.63, 3.8) is 0 Å². The Balaban J connectivity index is 1.53. The van der Waals surface area contributed by atoms with Gasteiger partial charge in [0.25, 0.3) is 0 Å². The van der Waals surface area contributed by atoms with E-state index >= 15 is 0 Å². The van der Waals surface area contributed by atoms with Gasteiger partial charge in [-0.15, -0.1) is 0 Å². The minimum atomic E-state index is -0.243. The van der Waals surface area contributed by atoms with Crippen LogP contribution in [0.25, 0.3) is 0 Å². The molecular formula is C18H22FN5O. The molecule has 25 heavy (non-hydrogen) atoms. The molecule has 0 saturated carbocycles. The lowest BCUT2D eigenvalue weighted by Crippen LogP contribution is -2.52. The zero-order valence-electron chi connectivity index (χ0n) is 14.2. The first-order valence-electron chi connectivity index (χ1n) is 8.30. The first-order valence-corrected chi connectivity index (χ1v) is 8.30. The predicted molar refractivity (Wildman–Crippen MR) is 96.9 cm³/mol. The van der Waals surface area contributed by atoms with E-state index in [1.807, 2.05) is 6.92 Å². The van der Waals surface area contributed by atoms with Gasteiger partial charge in [0.1, 0.15) is 11.6 Å². The molecule has 3 rings (SSSR count). The maximum atomic E-state index is 13.0. The summed E-state index contributed by atoms with van der Waals surface area (Å²) < 4.78 is 13.0. The summed E-state index contributed by atoms with van der Waals surface area (Å²) in [6, 6.07) is 9.66. The van der Waals surface area contributed by atoms with Gasteiger partial charge >= 0.3 is 0 Å². The number of carbonyl (C=O) groups excluding carboxylic acids is 1. The third-order valence-corrected chi connectivity index (χ3v) is 4.49. The van der Waals surface area contributed by atoms with E-state index in [-0.39, 0.29) is 17.8 Å². The Hall–Kier alpha value is -2.67. The molecule has 2 heterocycles. The minimum absolute atomic E-state index is 0.0678. The molecule has 3 N–H and O–H groups in total. The zero-order valence-corrected chi connectivity index (χ0v) is 14.2. The molecule has 1 aliphatic rings. The average Bonchev–Trinajstić information content (AvgIpc) is 2.64. The quantitative estimate of drug-likeness (QED) is 0.888. The summed E-state index contributed by atoms with van der Waals surface area (Å²) in [4.78, 5) is 20.7. The Bertz CT molecular complexity index is 711. The number of nitrogens with zero attached hydrogens (tertiary/aromatic N) is 3. The van der Waals surface area contributed by atoms with Crippen molar-refractivity contribution in [3.8, 4) is 0 Å². The number of anilines is 3. The summed E-state index contributed by atoms with van der Waals surface area (Å²) in [5.41, 5.74) is 7.19. The van der Waals surface area contributed by atoms with E-state index in [0.717, 1.165) is 31.9 Å². The molecule has 1 fully saturated rings. The van der Waals surface area contributed by atoms with Crippen molar-refractivity contribution < 1.29 is 9.18 Å². The fourth-order valence-electron chi connectivity index (χ4n) is 2.91. The van der Waals surface area contributed by atoms with Gasteiger partial charge in [0.05, 0.1) is 17.9 Å². The number of nitrogen functional groups attached to an aromatic ring is 1. The number of benzene rings is 1. The zero-order chi connectivity index (χ0) is 17.8. The van der Waals surface area contributed by atoms with Gasteiger partial charge in [0.15, 0.2) is 0 Å². The number of piperazine rings is 1. The summed E-state index contributed by atoms with van der Waals surface area (Å²) in [6.45, 7) is 5.03. The topological polar surface area (TPSA) is 74.5 Å². The molecule has 1 amide bonds. The van der Waals surface area contributed by atoms with Crippen LogP contribution < -0.4 is 16.0 Å². The largest absolute Gasteiger partial charge is 0.384 e. The first-order chi connectivity index (χ1) is 12.0. The maximum absolute atomic E-state index is 13.0. The molecule has 132 valence electrons. The van der Waals surface area contributed by atoms with Gasteiger partial charge < -0.3 is 16.0 Å². The van der Waals surface area contributed by atoms with Gasteiger partial charge in [-0.25, -0.2) is 9.37 Å². The van der Waals surface area contributed by atoms with Crippen molar-refractivity contribution in [1.82, 2.24) is 9.88 Å². The molecule has 2 aromatic rings. The molecule has 0 aliphatic carbocycles. The molecule has 1 unspecified atom stereocenters. The molecule has 0 spiro atoms. The smallest absolute Gasteiger partial charge is 0.241 e. The predicted octanol–water partition coefficient (Wildman–Crippen LogP) is 1.95. The summed E-state index contributed by atoms with van der Waals surface area (Å²) in [7, 11) is 0. The van der Waals surface area contributed by atoms with Gasteiger partial charge in [-0.05, 0) is 43.3 Å². The molecule has 0 bridgehead atoms. The first kappa shape index (κ1) is 17.2. The third kappa shape index (κ3) is 4.24. The van der Waals surface area contributed by atoms with E-state index in [1.54, 1.807) is 30.5 Å². The van der Waals surface area contributed by atoms with Gasteiger partial charge in [-0.1, -0.05) is 0 Å². The summed E-state index contributed by atoms with van der Waals surface area (Å²) >= 11 is 0. The highest BCUT2D eigenvalue weighted by atomic mass is 19.1. The van der Waals surface area contributed by atoms with Gasteiger partial charge in [-0.3, -0.25) is 9.69 Å². The van der Waals surface area contributed by atoms with Gasteiger partial charge in [-0.2, -0.15) is 0 Å². The van der Waals surface area contributed by atoms with Crippen LogP contribution in [0, 0.1) is 5.82 Å². The van der Waals surface area contributed by atoms with Crippen molar-refractivity contribution in [1.29, 1.82) is 0 Å². The molecular weight excluding hydrogens is 321 g/mol. The van der Waals surface area contributed by atoms with E-state index in [1.165, 1.54) is 12.1 Å². The van der Waals surface area contributed by atoms with E-state index in [2.05, 4.69) is 20.1 Å². The molecule has 1 aliphatic heterocycles. The number of hydrogen-bond acceptors (Lipinski definition) is 5. The molecule has 0 radical (unpaired) electrons. The summed E-state index contributed by atoms with van der Waals surface area (Å²) in [5, 5.41) is 2.86. The van der Waals surface area contributed by atoms with Crippen molar-refractivity contribution in [2.75, 3.05) is 42.1 Å². The van der Waals surface area contributed by atoms with Crippen LogP contribution in [0.3, 0.4) is 0 Å². The van der Waals surface area contributed by atoms with E-state index in [9.17, 15) is 9.18 Å². The monoisotopic (exact) mass is 343 g/mol. The van der Waals surface area contributed by atoms with Crippen LogP contribution in [0.4, 0.5) is 21.6 Å². The van der Waals surface area contributed by atoms with Gasteiger partial charge in [0, 0.05) is 31.9 Å². The third-order valence-electron chi connectivity index (χ3n) is 4.49. The lowest BCUT2D eigenvalue weighted by atomic mass is 10.2. The van der Waals surface area contributed by atoms with Crippen LogP contribution in [-0.4, -0.2) is 48.0 Å². The number of nitrogens with one attached hydrogen (secondary N) is 1. The Kier molecular flexibility index (Phi) is 5.14. The Morgan fingerprint density at radius 3 is 2.44 bits per heavy atom. The number of pyridine rings is 1. The lowest BCUT2D eigenvalue weighted by molar-refractivity contribution is -0.120. The Labute approximate surface area is 146 Å². The van der Waals surface area contributed by atoms with Gasteiger partial charge in [0.2, 0.25) is 5.91 Å². The second-order valence-corrected chi connectivity index (χ2v) is 6.14. The van der Waals surface area contributed by atoms with Crippen LogP contribution in [0.1, 0.15) is 6.92 Å². The fraction of sp³-hybridized carbons (Fsp3) is 0.333. The highest BCUT2D eigenvalue weighted by Crippen LogP contribution is 2.18. The number of hydrogen-bond donors (Lipinski definition) is 2. The Morgan fingerprint density at radius 1 is 1.16 bits per heavy atom. The maximum Gasteiger partial charge on any atom is 0.241 e. The number of rotatable bonds is 4. The molecule has 1 saturated heterocycles. The van der Waals surface area contributed by atoms with E-state index in [4.69, 9.17) is 5.73 Å². The number of amides is 1. The fourth-order valence-corrected chi connectivity index (χ4v) is 2.91.